The van der Waals surface area contributed by atoms with Gasteiger partial charge >= 0.3 is 10.2 Å². The minimum atomic E-state index is -3.87. The highest BCUT2D eigenvalue weighted by atomic mass is 32.2. The van der Waals surface area contributed by atoms with Gasteiger partial charge in [0.15, 0.2) is 0 Å². The Kier molecular flexibility index (Phi) is 7.51. The number of nitrogens with zero attached hydrogens (tertiary/aromatic N) is 2. The van der Waals surface area contributed by atoms with E-state index in [4.69, 9.17) is 0 Å². The van der Waals surface area contributed by atoms with Crippen LogP contribution in [0.3, 0.4) is 0 Å². The summed E-state index contributed by atoms with van der Waals surface area (Å²) in [5, 5.41) is 5.78. The van der Waals surface area contributed by atoms with E-state index in [-0.39, 0.29) is 17.8 Å². The van der Waals surface area contributed by atoms with E-state index in [1.165, 1.54) is 44.6 Å². The highest BCUT2D eigenvalue weighted by molar-refractivity contribution is 7.87. The number of rotatable bonds is 8. The highest BCUT2D eigenvalue weighted by Crippen LogP contribution is 2.25. The maximum Gasteiger partial charge on any atom is 0.307 e. The molecule has 8 nitrogen and oxygen atoms in total. The second kappa shape index (κ2) is 10.8. The van der Waals surface area contributed by atoms with Crippen molar-refractivity contribution in [1.29, 1.82) is 0 Å². The predicted molar refractivity (Wildman–Crippen MR) is 140 cm³/mol. The van der Waals surface area contributed by atoms with Crippen molar-refractivity contribution in [2.45, 2.75) is 6.54 Å². The van der Waals surface area contributed by atoms with Crippen LogP contribution in [0.4, 0.5) is 4.39 Å². The van der Waals surface area contributed by atoms with E-state index in [2.05, 4.69) is 10.6 Å². The van der Waals surface area contributed by atoms with Gasteiger partial charge in [0.1, 0.15) is 11.5 Å². The molecule has 0 aliphatic heterocycles. The van der Waals surface area contributed by atoms with Gasteiger partial charge in [-0.25, -0.2) is 8.36 Å². The van der Waals surface area contributed by atoms with Crippen LogP contribution in [-0.2, 0) is 21.5 Å². The fourth-order valence-electron chi connectivity index (χ4n) is 3.68. The molecule has 4 rings (SSSR count). The Balaban J connectivity index is 1.77. The number of nitrogens with one attached hydrogen (secondary N) is 2. The molecular formula is C27H25FN4O4S. The van der Waals surface area contributed by atoms with Crippen molar-refractivity contribution < 1.29 is 22.4 Å². The molecule has 0 saturated carbocycles. The van der Waals surface area contributed by atoms with Gasteiger partial charge in [-0.05, 0) is 29.8 Å². The molecule has 0 spiro atoms. The van der Waals surface area contributed by atoms with Crippen LogP contribution in [0.5, 0.6) is 0 Å². The lowest BCUT2D eigenvalue weighted by molar-refractivity contribution is -0.117. The molecule has 1 heterocycles. The van der Waals surface area contributed by atoms with E-state index < -0.39 is 27.8 Å². The molecule has 0 aliphatic carbocycles. The van der Waals surface area contributed by atoms with Gasteiger partial charge in [0.05, 0.1) is 11.1 Å². The zero-order chi connectivity index (χ0) is 26.6. The summed E-state index contributed by atoms with van der Waals surface area (Å²) >= 11 is 0. The molecule has 0 radical (unpaired) electrons. The van der Waals surface area contributed by atoms with Gasteiger partial charge < -0.3 is 10.6 Å². The SMILES string of the molecule is CN(C)S(=O)(=O)n1cc(/C=C(\NC(=O)c2ccccc2F)C(=O)NCc2ccccc2)c2ccccc21. The highest BCUT2D eigenvalue weighted by Gasteiger charge is 2.22. The van der Waals surface area contributed by atoms with Gasteiger partial charge in [-0.1, -0.05) is 60.7 Å². The lowest BCUT2D eigenvalue weighted by Crippen LogP contribution is -2.35. The van der Waals surface area contributed by atoms with Gasteiger partial charge in [-0.3, -0.25) is 9.59 Å². The average Bonchev–Trinajstić information content (AvgIpc) is 3.26. The third-order valence-electron chi connectivity index (χ3n) is 5.63. The Bertz CT molecular complexity index is 1600. The van der Waals surface area contributed by atoms with Gasteiger partial charge in [-0.2, -0.15) is 12.7 Å². The maximum atomic E-state index is 14.3. The number of carbonyl (C=O) groups is 2. The lowest BCUT2D eigenvalue weighted by Gasteiger charge is -2.13. The Morgan fingerprint density at radius 2 is 1.59 bits per heavy atom. The number of hydrogen-bond donors (Lipinski definition) is 2. The zero-order valence-electron chi connectivity index (χ0n) is 20.2. The van der Waals surface area contributed by atoms with Crippen molar-refractivity contribution in [2.75, 3.05) is 14.1 Å². The van der Waals surface area contributed by atoms with Crippen LogP contribution >= 0.6 is 0 Å². The summed E-state index contributed by atoms with van der Waals surface area (Å²) in [5.74, 6) is -2.18. The minimum absolute atomic E-state index is 0.172. The minimum Gasteiger partial charge on any atom is -0.347 e. The molecule has 1 aromatic heterocycles. The molecular weight excluding hydrogens is 495 g/mol. The zero-order valence-corrected chi connectivity index (χ0v) is 21.0. The van der Waals surface area contributed by atoms with Crippen molar-refractivity contribution in [3.05, 3.63) is 113 Å². The smallest absolute Gasteiger partial charge is 0.307 e. The second-order valence-electron chi connectivity index (χ2n) is 8.35. The number of carbonyl (C=O) groups excluding carboxylic acids is 2. The molecule has 2 N–H and O–H groups in total. The Hall–Kier alpha value is -4.28. The standard InChI is InChI=1S/C27H25FN4O4S/c1-31(2)37(35,36)32-18-20(21-12-7-9-15-25(21)32)16-24(27(34)29-17-19-10-4-3-5-11-19)30-26(33)22-13-6-8-14-23(22)28/h3-16,18H,17H2,1-2H3,(H,29,34)(H,30,33)/b24-16-. The van der Waals surface area contributed by atoms with Crippen molar-refractivity contribution in [3.63, 3.8) is 0 Å². The van der Waals surface area contributed by atoms with Gasteiger partial charge in [0, 0.05) is 37.8 Å². The maximum absolute atomic E-state index is 14.3. The van der Waals surface area contributed by atoms with E-state index >= 15 is 0 Å². The first-order valence-corrected chi connectivity index (χ1v) is 12.7. The quantitative estimate of drug-likeness (QED) is 0.347. The first-order chi connectivity index (χ1) is 17.7. The van der Waals surface area contributed by atoms with E-state index in [9.17, 15) is 22.4 Å². The molecule has 37 heavy (non-hydrogen) atoms. The third-order valence-corrected chi connectivity index (χ3v) is 7.35. The topological polar surface area (TPSA) is 101 Å². The summed E-state index contributed by atoms with van der Waals surface area (Å²) in [6.07, 6.45) is 2.75. The van der Waals surface area contributed by atoms with Crippen LogP contribution in [0.2, 0.25) is 0 Å². The molecule has 0 atom stereocenters. The fraction of sp³-hybridized carbons (Fsp3) is 0.111. The van der Waals surface area contributed by atoms with E-state index in [1.54, 1.807) is 24.3 Å². The summed E-state index contributed by atoms with van der Waals surface area (Å²) in [6, 6.07) is 21.4. The second-order valence-corrected chi connectivity index (χ2v) is 10.4. The molecule has 10 heteroatoms. The number of hydrogen-bond acceptors (Lipinski definition) is 4. The molecule has 4 aromatic rings. The summed E-state index contributed by atoms with van der Waals surface area (Å²) in [5.41, 5.74) is 1.20. The molecule has 0 fully saturated rings. The Morgan fingerprint density at radius 1 is 0.946 bits per heavy atom. The van der Waals surface area contributed by atoms with E-state index in [0.717, 1.165) is 19.9 Å². The largest absolute Gasteiger partial charge is 0.347 e. The van der Waals surface area contributed by atoms with E-state index in [0.29, 0.717) is 16.5 Å². The number of fused-ring (bicyclic) bond motifs is 1. The number of amides is 2. The number of benzene rings is 3. The van der Waals surface area contributed by atoms with Crippen LogP contribution in [0.15, 0.2) is 90.8 Å². The lowest BCUT2D eigenvalue weighted by atomic mass is 10.1. The average molecular weight is 521 g/mol. The predicted octanol–water partition coefficient (Wildman–Crippen LogP) is 3.52. The first kappa shape index (κ1) is 25.8. The van der Waals surface area contributed by atoms with Gasteiger partial charge in [-0.15, -0.1) is 0 Å². The molecule has 2 amide bonds. The van der Waals surface area contributed by atoms with Crippen LogP contribution in [0.1, 0.15) is 21.5 Å². The van der Waals surface area contributed by atoms with Crippen LogP contribution in [0, 0.1) is 5.82 Å². The Morgan fingerprint density at radius 3 is 2.30 bits per heavy atom. The molecule has 0 bridgehead atoms. The van der Waals surface area contributed by atoms with Crippen molar-refractivity contribution >= 4 is 39.0 Å². The molecule has 0 unspecified atom stereocenters. The number of para-hydroxylation sites is 1. The van der Waals surface area contributed by atoms with Crippen molar-refractivity contribution in [1.82, 2.24) is 18.9 Å². The van der Waals surface area contributed by atoms with Crippen molar-refractivity contribution in [3.8, 4) is 0 Å². The molecule has 190 valence electrons. The normalized spacial score (nSPS) is 12.1. The Labute approximate surface area is 214 Å². The fourth-order valence-corrected chi connectivity index (χ4v) is 4.69. The van der Waals surface area contributed by atoms with Crippen LogP contribution in [0.25, 0.3) is 17.0 Å². The molecule has 0 saturated heterocycles. The monoisotopic (exact) mass is 520 g/mol. The van der Waals surface area contributed by atoms with Gasteiger partial charge in [0.2, 0.25) is 0 Å². The van der Waals surface area contributed by atoms with Crippen LogP contribution < -0.4 is 10.6 Å². The number of aromatic nitrogens is 1. The first-order valence-electron chi connectivity index (χ1n) is 11.3. The summed E-state index contributed by atoms with van der Waals surface area (Å²) in [7, 11) is -1.05. The van der Waals surface area contributed by atoms with Crippen LogP contribution in [-0.4, -0.2) is 42.6 Å². The number of halogens is 1. The molecule has 0 aliphatic rings. The summed E-state index contributed by atoms with van der Waals surface area (Å²) < 4.78 is 42.3. The summed E-state index contributed by atoms with van der Waals surface area (Å²) in [4.78, 5) is 26.1. The molecule has 3 aromatic carbocycles. The summed E-state index contributed by atoms with van der Waals surface area (Å²) in [6.45, 7) is 0.184. The van der Waals surface area contributed by atoms with Gasteiger partial charge in [0.25, 0.3) is 11.8 Å². The third kappa shape index (κ3) is 5.60. The van der Waals surface area contributed by atoms with Crippen molar-refractivity contribution in [2.24, 2.45) is 0 Å². The van der Waals surface area contributed by atoms with E-state index in [1.807, 2.05) is 30.3 Å².